The van der Waals surface area contributed by atoms with Crippen LogP contribution in [0, 0.1) is 5.41 Å². The molecule has 0 aliphatic carbocycles. The second kappa shape index (κ2) is 5.41. The Labute approximate surface area is 116 Å². The van der Waals surface area contributed by atoms with Crippen molar-refractivity contribution in [2.75, 3.05) is 19.6 Å². The van der Waals surface area contributed by atoms with Crippen molar-refractivity contribution in [1.29, 1.82) is 0 Å². The molecular formula is C14H19BrN2O. The Morgan fingerprint density at radius 2 is 2.22 bits per heavy atom. The molecule has 1 saturated heterocycles. The van der Waals surface area contributed by atoms with Gasteiger partial charge in [-0.2, -0.15) is 0 Å². The van der Waals surface area contributed by atoms with Gasteiger partial charge in [0.15, 0.2) is 0 Å². The predicted molar refractivity (Wildman–Crippen MR) is 76.2 cm³/mol. The molecule has 2 rings (SSSR count). The van der Waals surface area contributed by atoms with Gasteiger partial charge in [0.1, 0.15) is 0 Å². The largest absolute Gasteiger partial charge is 0.342 e. The van der Waals surface area contributed by atoms with Crippen LogP contribution in [0.4, 0.5) is 0 Å². The third-order valence-corrected chi connectivity index (χ3v) is 4.48. The minimum absolute atomic E-state index is 0.101. The number of rotatable bonds is 3. The first kappa shape index (κ1) is 13.6. The van der Waals surface area contributed by atoms with Gasteiger partial charge in [-0.1, -0.05) is 41.1 Å². The van der Waals surface area contributed by atoms with Gasteiger partial charge in [-0.15, -0.1) is 0 Å². The van der Waals surface area contributed by atoms with E-state index in [0.717, 1.165) is 29.5 Å². The molecule has 0 radical (unpaired) electrons. The van der Waals surface area contributed by atoms with E-state index in [-0.39, 0.29) is 11.3 Å². The van der Waals surface area contributed by atoms with E-state index in [9.17, 15) is 4.79 Å². The number of nitrogens with zero attached hydrogens (tertiary/aromatic N) is 1. The summed E-state index contributed by atoms with van der Waals surface area (Å²) in [5, 5.41) is 0. The van der Waals surface area contributed by atoms with Gasteiger partial charge in [0.05, 0.1) is 6.42 Å². The molecule has 18 heavy (non-hydrogen) atoms. The van der Waals surface area contributed by atoms with E-state index in [1.165, 1.54) is 0 Å². The number of amides is 1. The molecule has 1 atom stereocenters. The minimum atomic E-state index is 0.101. The Bertz CT molecular complexity index is 449. The summed E-state index contributed by atoms with van der Waals surface area (Å²) in [7, 11) is 0. The molecule has 1 aromatic carbocycles. The normalized spacial score (nSPS) is 23.4. The lowest BCUT2D eigenvalue weighted by Crippen LogP contribution is -2.35. The van der Waals surface area contributed by atoms with Crippen LogP contribution in [0.1, 0.15) is 18.9 Å². The Morgan fingerprint density at radius 3 is 2.83 bits per heavy atom. The van der Waals surface area contributed by atoms with E-state index in [1.54, 1.807) is 0 Å². The number of benzene rings is 1. The fourth-order valence-corrected chi connectivity index (χ4v) is 2.74. The van der Waals surface area contributed by atoms with Crippen LogP contribution in [0.25, 0.3) is 0 Å². The van der Waals surface area contributed by atoms with Crippen LogP contribution in [-0.4, -0.2) is 30.4 Å². The molecule has 1 unspecified atom stereocenters. The van der Waals surface area contributed by atoms with Crippen LogP contribution in [-0.2, 0) is 11.2 Å². The minimum Gasteiger partial charge on any atom is -0.342 e. The molecule has 0 bridgehead atoms. The summed E-state index contributed by atoms with van der Waals surface area (Å²) in [5.74, 6) is 0.194. The summed E-state index contributed by atoms with van der Waals surface area (Å²) in [6, 6.07) is 7.87. The maximum absolute atomic E-state index is 12.2. The Hall–Kier alpha value is -0.870. The van der Waals surface area contributed by atoms with Crippen molar-refractivity contribution < 1.29 is 4.79 Å². The molecule has 4 heteroatoms. The third kappa shape index (κ3) is 2.93. The zero-order valence-corrected chi connectivity index (χ0v) is 12.2. The highest BCUT2D eigenvalue weighted by atomic mass is 79.9. The molecule has 1 heterocycles. The van der Waals surface area contributed by atoms with E-state index < -0.39 is 0 Å². The highest BCUT2D eigenvalue weighted by Crippen LogP contribution is 2.29. The number of halogens is 1. The van der Waals surface area contributed by atoms with E-state index in [1.807, 2.05) is 29.2 Å². The predicted octanol–water partition coefficient (Wildman–Crippen LogP) is 2.19. The van der Waals surface area contributed by atoms with Crippen LogP contribution >= 0.6 is 15.9 Å². The van der Waals surface area contributed by atoms with Gasteiger partial charge in [0.2, 0.25) is 5.91 Å². The number of carbonyl (C=O) groups excluding carboxylic acids is 1. The molecule has 0 spiro atoms. The number of carbonyl (C=O) groups is 1. The van der Waals surface area contributed by atoms with Gasteiger partial charge in [0, 0.05) is 17.6 Å². The Kier molecular flexibility index (Phi) is 4.07. The van der Waals surface area contributed by atoms with Crippen molar-refractivity contribution in [3.63, 3.8) is 0 Å². The summed E-state index contributed by atoms with van der Waals surface area (Å²) < 4.78 is 0.999. The second-order valence-electron chi connectivity index (χ2n) is 5.35. The molecule has 3 nitrogen and oxygen atoms in total. The summed E-state index contributed by atoms with van der Waals surface area (Å²) in [6.07, 6.45) is 1.47. The standard InChI is InChI=1S/C14H19BrN2O/c1-14(9-16)6-7-17(10-14)13(18)8-11-4-2-3-5-12(11)15/h2-5H,6-10,16H2,1H3. The first-order valence-corrected chi connectivity index (χ1v) is 7.05. The monoisotopic (exact) mass is 310 g/mol. The van der Waals surface area contributed by atoms with Crippen LogP contribution < -0.4 is 5.73 Å². The average molecular weight is 311 g/mol. The third-order valence-electron chi connectivity index (χ3n) is 3.70. The molecule has 0 saturated carbocycles. The van der Waals surface area contributed by atoms with E-state index in [4.69, 9.17) is 5.73 Å². The average Bonchev–Trinajstić information content (AvgIpc) is 2.76. The van der Waals surface area contributed by atoms with Crippen molar-refractivity contribution in [1.82, 2.24) is 4.90 Å². The van der Waals surface area contributed by atoms with Crippen molar-refractivity contribution in [3.05, 3.63) is 34.3 Å². The summed E-state index contributed by atoms with van der Waals surface area (Å²) in [5.41, 5.74) is 6.91. The molecule has 1 aliphatic rings. The summed E-state index contributed by atoms with van der Waals surface area (Å²) in [6.45, 7) is 4.41. The van der Waals surface area contributed by atoms with Gasteiger partial charge >= 0.3 is 0 Å². The smallest absolute Gasteiger partial charge is 0.227 e. The molecule has 98 valence electrons. The van der Waals surface area contributed by atoms with Crippen LogP contribution in [0.3, 0.4) is 0 Å². The van der Waals surface area contributed by atoms with Crippen LogP contribution in [0.2, 0.25) is 0 Å². The molecule has 1 fully saturated rings. The fraction of sp³-hybridized carbons (Fsp3) is 0.500. The molecule has 1 aromatic rings. The zero-order chi connectivity index (χ0) is 13.2. The van der Waals surface area contributed by atoms with Crippen LogP contribution in [0.15, 0.2) is 28.7 Å². The number of likely N-dealkylation sites (tertiary alicyclic amines) is 1. The van der Waals surface area contributed by atoms with E-state index >= 15 is 0 Å². The topological polar surface area (TPSA) is 46.3 Å². The highest BCUT2D eigenvalue weighted by Gasteiger charge is 2.34. The maximum atomic E-state index is 12.2. The van der Waals surface area contributed by atoms with Crippen molar-refractivity contribution in [2.24, 2.45) is 11.1 Å². The first-order chi connectivity index (χ1) is 8.54. The highest BCUT2D eigenvalue weighted by molar-refractivity contribution is 9.10. The van der Waals surface area contributed by atoms with Gasteiger partial charge in [-0.3, -0.25) is 4.79 Å². The van der Waals surface area contributed by atoms with Gasteiger partial charge in [-0.05, 0) is 30.0 Å². The Morgan fingerprint density at radius 1 is 1.50 bits per heavy atom. The quantitative estimate of drug-likeness (QED) is 0.930. The lowest BCUT2D eigenvalue weighted by Gasteiger charge is -2.22. The maximum Gasteiger partial charge on any atom is 0.227 e. The first-order valence-electron chi connectivity index (χ1n) is 6.25. The van der Waals surface area contributed by atoms with E-state index in [0.29, 0.717) is 13.0 Å². The summed E-state index contributed by atoms with van der Waals surface area (Å²) >= 11 is 3.48. The Balaban J connectivity index is 2.00. The lowest BCUT2D eigenvalue weighted by molar-refractivity contribution is -0.129. The number of hydrogen-bond donors (Lipinski definition) is 1. The SMILES string of the molecule is CC1(CN)CCN(C(=O)Cc2ccccc2Br)C1. The van der Waals surface area contributed by atoms with Crippen molar-refractivity contribution >= 4 is 21.8 Å². The van der Waals surface area contributed by atoms with Gasteiger partial charge in [0.25, 0.3) is 0 Å². The lowest BCUT2D eigenvalue weighted by atomic mass is 9.90. The molecule has 0 aromatic heterocycles. The molecular weight excluding hydrogens is 292 g/mol. The van der Waals surface area contributed by atoms with Gasteiger partial charge in [-0.25, -0.2) is 0 Å². The molecule has 2 N–H and O–H groups in total. The second-order valence-corrected chi connectivity index (χ2v) is 6.20. The summed E-state index contributed by atoms with van der Waals surface area (Å²) in [4.78, 5) is 14.2. The van der Waals surface area contributed by atoms with Crippen molar-refractivity contribution in [2.45, 2.75) is 19.8 Å². The van der Waals surface area contributed by atoms with Crippen LogP contribution in [0.5, 0.6) is 0 Å². The van der Waals surface area contributed by atoms with Gasteiger partial charge < -0.3 is 10.6 Å². The fourth-order valence-electron chi connectivity index (χ4n) is 2.32. The zero-order valence-electron chi connectivity index (χ0n) is 10.7. The molecule has 1 amide bonds. The number of hydrogen-bond acceptors (Lipinski definition) is 2. The van der Waals surface area contributed by atoms with E-state index in [2.05, 4.69) is 22.9 Å². The number of nitrogens with two attached hydrogens (primary N) is 1. The van der Waals surface area contributed by atoms with Crippen molar-refractivity contribution in [3.8, 4) is 0 Å². The molecule has 1 aliphatic heterocycles.